The van der Waals surface area contributed by atoms with Crippen molar-refractivity contribution < 1.29 is 9.13 Å². The number of hydrogen-bond acceptors (Lipinski definition) is 4. The molecule has 0 aliphatic heterocycles. The van der Waals surface area contributed by atoms with E-state index in [1.165, 1.54) is 0 Å². The van der Waals surface area contributed by atoms with Gasteiger partial charge in [-0.1, -0.05) is 0 Å². The zero-order valence-corrected chi connectivity index (χ0v) is 11.1. The molecule has 0 fully saturated rings. The fourth-order valence-corrected chi connectivity index (χ4v) is 1.65. The minimum Gasteiger partial charge on any atom is -0.491 e. The van der Waals surface area contributed by atoms with Crippen LogP contribution in [0.5, 0.6) is 5.75 Å². The van der Waals surface area contributed by atoms with Crippen molar-refractivity contribution in [2.45, 2.75) is 20.0 Å². The predicted octanol–water partition coefficient (Wildman–Crippen LogP) is 3.11. The lowest BCUT2D eigenvalue weighted by molar-refractivity contribution is 0.242. The molecule has 0 spiro atoms. The summed E-state index contributed by atoms with van der Waals surface area (Å²) in [5, 5.41) is 2.79. The van der Waals surface area contributed by atoms with Gasteiger partial charge >= 0.3 is 0 Å². The number of nitrogens with one attached hydrogen (secondary N) is 1. The molecule has 0 saturated heterocycles. The van der Waals surface area contributed by atoms with Crippen molar-refractivity contribution in [3.8, 4) is 17.0 Å². The Morgan fingerprint density at radius 1 is 1.21 bits per heavy atom. The lowest BCUT2D eigenvalue weighted by atomic mass is 10.1. The fraction of sp³-hybridized carbons (Fsp3) is 0.286. The summed E-state index contributed by atoms with van der Waals surface area (Å²) in [5.74, 6) is 0.692. The molecule has 0 aliphatic carbocycles. The number of ether oxygens (including phenoxy) is 1. The van der Waals surface area contributed by atoms with Gasteiger partial charge in [0.2, 0.25) is 5.95 Å². The van der Waals surface area contributed by atoms with Crippen LogP contribution in [0, 0.1) is 5.82 Å². The maximum atomic E-state index is 13.7. The minimum absolute atomic E-state index is 0.109. The van der Waals surface area contributed by atoms with Crippen LogP contribution in [0.15, 0.2) is 30.5 Å². The largest absolute Gasteiger partial charge is 0.491 e. The Morgan fingerprint density at radius 2 is 1.89 bits per heavy atom. The number of rotatable bonds is 4. The molecular formula is C14H16FN3O. The molecule has 4 nitrogen and oxygen atoms in total. The van der Waals surface area contributed by atoms with Crippen LogP contribution in [-0.4, -0.2) is 23.1 Å². The summed E-state index contributed by atoms with van der Waals surface area (Å²) in [4.78, 5) is 7.93. The van der Waals surface area contributed by atoms with E-state index < -0.39 is 5.82 Å². The zero-order chi connectivity index (χ0) is 13.8. The van der Waals surface area contributed by atoms with Crippen molar-refractivity contribution >= 4 is 5.95 Å². The van der Waals surface area contributed by atoms with Crippen LogP contribution in [0.3, 0.4) is 0 Å². The van der Waals surface area contributed by atoms with E-state index in [9.17, 15) is 4.39 Å². The van der Waals surface area contributed by atoms with E-state index in [-0.39, 0.29) is 11.8 Å². The highest BCUT2D eigenvalue weighted by molar-refractivity contribution is 5.61. The van der Waals surface area contributed by atoms with Gasteiger partial charge in [0.15, 0.2) is 5.82 Å². The van der Waals surface area contributed by atoms with Crippen molar-refractivity contribution in [1.29, 1.82) is 0 Å². The molecule has 1 heterocycles. The predicted molar refractivity (Wildman–Crippen MR) is 72.7 cm³/mol. The van der Waals surface area contributed by atoms with Crippen molar-refractivity contribution in [2.75, 3.05) is 12.4 Å². The second-order valence-corrected chi connectivity index (χ2v) is 4.33. The molecule has 19 heavy (non-hydrogen) atoms. The normalized spacial score (nSPS) is 10.6. The molecule has 0 saturated carbocycles. The molecule has 1 aromatic heterocycles. The van der Waals surface area contributed by atoms with Crippen molar-refractivity contribution in [2.24, 2.45) is 0 Å². The summed E-state index contributed by atoms with van der Waals surface area (Å²) < 4.78 is 19.3. The van der Waals surface area contributed by atoms with E-state index in [4.69, 9.17) is 4.74 Å². The Balaban J connectivity index is 2.31. The van der Waals surface area contributed by atoms with Crippen molar-refractivity contribution in [1.82, 2.24) is 9.97 Å². The van der Waals surface area contributed by atoms with Gasteiger partial charge in [0.25, 0.3) is 0 Å². The van der Waals surface area contributed by atoms with E-state index in [1.54, 1.807) is 31.3 Å². The highest BCUT2D eigenvalue weighted by atomic mass is 19.1. The summed E-state index contributed by atoms with van der Waals surface area (Å²) in [5.41, 5.74) is 0.961. The Kier molecular flexibility index (Phi) is 3.94. The first-order valence-electron chi connectivity index (χ1n) is 6.07. The number of aromatic nitrogens is 2. The first kappa shape index (κ1) is 13.3. The summed E-state index contributed by atoms with van der Waals surface area (Å²) in [6.45, 7) is 3.91. The van der Waals surface area contributed by atoms with E-state index in [0.29, 0.717) is 11.5 Å². The van der Waals surface area contributed by atoms with Crippen LogP contribution >= 0.6 is 0 Å². The Bertz CT molecular complexity index is 555. The van der Waals surface area contributed by atoms with Crippen molar-refractivity contribution in [3.05, 3.63) is 36.3 Å². The summed E-state index contributed by atoms with van der Waals surface area (Å²) in [6, 6.07) is 7.16. The maximum Gasteiger partial charge on any atom is 0.223 e. The fourth-order valence-electron chi connectivity index (χ4n) is 1.65. The number of nitrogens with zero attached hydrogens (tertiary/aromatic N) is 2. The first-order chi connectivity index (χ1) is 9.10. The molecule has 5 heteroatoms. The third-order valence-electron chi connectivity index (χ3n) is 2.47. The lowest BCUT2D eigenvalue weighted by Crippen LogP contribution is -2.05. The van der Waals surface area contributed by atoms with Crippen LogP contribution in [-0.2, 0) is 0 Å². The lowest BCUT2D eigenvalue weighted by Gasteiger charge is -2.10. The van der Waals surface area contributed by atoms with Gasteiger partial charge in [-0.2, -0.15) is 0 Å². The van der Waals surface area contributed by atoms with E-state index >= 15 is 0 Å². The smallest absolute Gasteiger partial charge is 0.223 e. The molecule has 0 amide bonds. The van der Waals surface area contributed by atoms with Gasteiger partial charge < -0.3 is 10.1 Å². The molecule has 2 rings (SSSR count). The number of anilines is 1. The summed E-state index contributed by atoms with van der Waals surface area (Å²) in [6.07, 6.45) is 1.27. The van der Waals surface area contributed by atoms with E-state index in [0.717, 1.165) is 11.9 Å². The number of benzene rings is 1. The van der Waals surface area contributed by atoms with E-state index in [1.807, 2.05) is 13.8 Å². The quantitative estimate of drug-likeness (QED) is 0.918. The third-order valence-corrected chi connectivity index (χ3v) is 2.47. The standard InChI is InChI=1S/C14H16FN3O/c1-9(2)19-11-6-4-10(5-7-11)13-12(15)8-17-14(16-3)18-13/h4-9H,1-3H3,(H,16,17,18). The third kappa shape index (κ3) is 3.19. The second kappa shape index (κ2) is 5.65. The zero-order valence-electron chi connectivity index (χ0n) is 11.1. The van der Waals surface area contributed by atoms with Crippen LogP contribution < -0.4 is 10.1 Å². The summed E-state index contributed by atoms with van der Waals surface area (Å²) >= 11 is 0. The minimum atomic E-state index is -0.448. The monoisotopic (exact) mass is 261 g/mol. The van der Waals surface area contributed by atoms with Crippen LogP contribution in [0.25, 0.3) is 11.3 Å². The van der Waals surface area contributed by atoms with Gasteiger partial charge in [0.05, 0.1) is 12.3 Å². The van der Waals surface area contributed by atoms with Gasteiger partial charge in [-0.25, -0.2) is 14.4 Å². The van der Waals surface area contributed by atoms with Gasteiger partial charge in [-0.15, -0.1) is 0 Å². The average molecular weight is 261 g/mol. The molecule has 100 valence electrons. The molecule has 1 N–H and O–H groups in total. The topological polar surface area (TPSA) is 47.0 Å². The molecule has 0 radical (unpaired) electrons. The average Bonchev–Trinajstić information content (AvgIpc) is 2.40. The van der Waals surface area contributed by atoms with Gasteiger partial charge in [0, 0.05) is 12.6 Å². The van der Waals surface area contributed by atoms with Crippen LogP contribution in [0.1, 0.15) is 13.8 Å². The highest BCUT2D eigenvalue weighted by Gasteiger charge is 2.09. The molecule has 1 aromatic carbocycles. The molecule has 2 aromatic rings. The summed E-state index contributed by atoms with van der Waals surface area (Å²) in [7, 11) is 1.69. The molecule has 0 unspecified atom stereocenters. The molecule has 0 aliphatic rings. The van der Waals surface area contributed by atoms with E-state index in [2.05, 4.69) is 15.3 Å². The maximum absolute atomic E-state index is 13.7. The van der Waals surface area contributed by atoms with Crippen LogP contribution in [0.4, 0.5) is 10.3 Å². The first-order valence-corrected chi connectivity index (χ1v) is 6.07. The van der Waals surface area contributed by atoms with Gasteiger partial charge in [-0.3, -0.25) is 0 Å². The van der Waals surface area contributed by atoms with Crippen molar-refractivity contribution in [3.63, 3.8) is 0 Å². The Hall–Kier alpha value is -2.17. The highest BCUT2D eigenvalue weighted by Crippen LogP contribution is 2.24. The number of hydrogen-bond donors (Lipinski definition) is 1. The Morgan fingerprint density at radius 3 is 2.47 bits per heavy atom. The molecular weight excluding hydrogens is 245 g/mol. The van der Waals surface area contributed by atoms with Gasteiger partial charge in [-0.05, 0) is 38.1 Å². The Labute approximate surface area is 111 Å². The molecule has 0 bridgehead atoms. The van der Waals surface area contributed by atoms with Gasteiger partial charge in [0.1, 0.15) is 11.4 Å². The second-order valence-electron chi connectivity index (χ2n) is 4.33. The molecule has 0 atom stereocenters. The number of halogens is 1. The SMILES string of the molecule is CNc1ncc(F)c(-c2ccc(OC(C)C)cc2)n1. The van der Waals surface area contributed by atoms with Crippen LogP contribution in [0.2, 0.25) is 0 Å².